The number of carbonyl (C=O) groups is 1. The molecular formula is C26H20ClF5N4O3S. The second-order valence-electron chi connectivity index (χ2n) is 9.73. The topological polar surface area (TPSA) is 93.4 Å². The summed E-state index contributed by atoms with van der Waals surface area (Å²) in [5.41, 5.74) is -2.99. The van der Waals surface area contributed by atoms with Crippen molar-refractivity contribution in [1.29, 1.82) is 0 Å². The van der Waals surface area contributed by atoms with E-state index >= 15 is 0 Å². The number of carbonyl (C=O) groups excluding carboxylic acids is 1. The highest BCUT2D eigenvalue weighted by atomic mass is 35.5. The van der Waals surface area contributed by atoms with Gasteiger partial charge >= 0.3 is 6.18 Å². The van der Waals surface area contributed by atoms with Gasteiger partial charge in [0.25, 0.3) is 12.3 Å². The molecule has 5 rings (SSSR count). The van der Waals surface area contributed by atoms with Gasteiger partial charge in [-0.3, -0.25) is 4.79 Å². The Bertz CT molecular complexity index is 1740. The molecule has 2 aromatic heterocycles. The van der Waals surface area contributed by atoms with Crippen LogP contribution in [0.4, 0.5) is 22.0 Å². The molecule has 1 amide bonds. The van der Waals surface area contributed by atoms with E-state index in [0.29, 0.717) is 5.56 Å². The highest BCUT2D eigenvalue weighted by molar-refractivity contribution is 7.91. The van der Waals surface area contributed by atoms with Crippen molar-refractivity contribution in [2.75, 3.05) is 11.5 Å². The van der Waals surface area contributed by atoms with Crippen LogP contribution in [-0.2, 0) is 16.0 Å². The van der Waals surface area contributed by atoms with Crippen LogP contribution < -0.4 is 5.32 Å². The molecule has 0 bridgehead atoms. The number of nitrogens with zero attached hydrogens (tertiary/aromatic N) is 3. The second kappa shape index (κ2) is 9.81. The van der Waals surface area contributed by atoms with E-state index in [1.54, 1.807) is 24.3 Å². The fraction of sp³-hybridized carbons (Fsp3) is 0.269. The van der Waals surface area contributed by atoms with Crippen LogP contribution in [0, 0.1) is 0 Å². The number of halogens is 6. The minimum absolute atomic E-state index is 0.0717. The van der Waals surface area contributed by atoms with Gasteiger partial charge in [0.15, 0.2) is 15.5 Å². The maximum Gasteiger partial charge on any atom is 0.416 e. The molecule has 14 heteroatoms. The van der Waals surface area contributed by atoms with Crippen molar-refractivity contribution < 1.29 is 35.2 Å². The van der Waals surface area contributed by atoms with Gasteiger partial charge in [-0.1, -0.05) is 41.9 Å². The number of alkyl halides is 5. The SMILES string of the molecule is CC1(NC(=O)c2c(C(F)F)nn3c(-c4ccc(C(F)(F)F)cc4)c(-c4ccccc4Cl)cnc23)CCS(=O)(=O)C1. The van der Waals surface area contributed by atoms with Crippen molar-refractivity contribution in [3.05, 3.63) is 76.6 Å². The Hall–Kier alpha value is -3.58. The number of amides is 1. The summed E-state index contributed by atoms with van der Waals surface area (Å²) in [7, 11) is -3.43. The fourth-order valence-electron chi connectivity index (χ4n) is 4.79. The summed E-state index contributed by atoms with van der Waals surface area (Å²) in [6, 6.07) is 10.5. The lowest BCUT2D eigenvalue weighted by Gasteiger charge is -2.23. The highest BCUT2D eigenvalue weighted by Gasteiger charge is 2.41. The van der Waals surface area contributed by atoms with Crippen LogP contribution >= 0.6 is 11.6 Å². The first-order valence-corrected chi connectivity index (χ1v) is 14.0. The summed E-state index contributed by atoms with van der Waals surface area (Å²) in [5, 5.41) is 6.79. The molecule has 1 saturated heterocycles. The normalized spacial score (nSPS) is 18.9. The van der Waals surface area contributed by atoms with Crippen LogP contribution in [-0.4, -0.2) is 46.0 Å². The highest BCUT2D eigenvalue weighted by Crippen LogP contribution is 2.39. The summed E-state index contributed by atoms with van der Waals surface area (Å²) in [6.45, 7) is 1.50. The molecule has 40 heavy (non-hydrogen) atoms. The van der Waals surface area contributed by atoms with E-state index < -0.39 is 50.7 Å². The van der Waals surface area contributed by atoms with Gasteiger partial charge in [-0.25, -0.2) is 26.7 Å². The van der Waals surface area contributed by atoms with E-state index in [-0.39, 0.29) is 45.4 Å². The van der Waals surface area contributed by atoms with Gasteiger partial charge in [0.1, 0.15) is 11.3 Å². The summed E-state index contributed by atoms with van der Waals surface area (Å²) in [4.78, 5) is 17.6. The quantitative estimate of drug-likeness (QED) is 0.285. The molecule has 1 unspecified atom stereocenters. The largest absolute Gasteiger partial charge is 0.416 e. The number of nitrogens with one attached hydrogen (secondary N) is 1. The zero-order valence-corrected chi connectivity index (χ0v) is 22.2. The fourth-order valence-corrected chi connectivity index (χ4v) is 7.12. The zero-order valence-electron chi connectivity index (χ0n) is 20.6. The van der Waals surface area contributed by atoms with Gasteiger partial charge in [0.2, 0.25) is 0 Å². The van der Waals surface area contributed by atoms with Crippen LogP contribution in [0.3, 0.4) is 0 Å². The monoisotopic (exact) mass is 598 g/mol. The summed E-state index contributed by atoms with van der Waals surface area (Å²) < 4.78 is 93.2. The van der Waals surface area contributed by atoms with Crippen molar-refractivity contribution in [3.63, 3.8) is 0 Å². The third kappa shape index (κ3) is 5.15. The number of hydrogen-bond donors (Lipinski definition) is 1. The molecule has 1 N–H and O–H groups in total. The molecule has 1 atom stereocenters. The molecule has 0 aliphatic carbocycles. The van der Waals surface area contributed by atoms with Crippen molar-refractivity contribution >= 4 is 33.0 Å². The number of aromatic nitrogens is 3. The smallest absolute Gasteiger partial charge is 0.346 e. The van der Waals surface area contributed by atoms with Crippen molar-refractivity contribution in [1.82, 2.24) is 19.9 Å². The van der Waals surface area contributed by atoms with Crippen molar-refractivity contribution in [2.45, 2.75) is 31.5 Å². The molecule has 2 aromatic carbocycles. The van der Waals surface area contributed by atoms with Crippen LogP contribution in [0.15, 0.2) is 54.7 Å². The van der Waals surface area contributed by atoms with Gasteiger partial charge in [-0.2, -0.15) is 18.3 Å². The molecule has 0 saturated carbocycles. The van der Waals surface area contributed by atoms with Crippen molar-refractivity contribution in [2.24, 2.45) is 0 Å². The Balaban J connectivity index is 1.74. The Morgan fingerprint density at radius 2 is 1.77 bits per heavy atom. The first-order chi connectivity index (χ1) is 18.7. The van der Waals surface area contributed by atoms with Crippen molar-refractivity contribution in [3.8, 4) is 22.4 Å². The minimum Gasteiger partial charge on any atom is -0.346 e. The van der Waals surface area contributed by atoms with Gasteiger partial charge in [-0.15, -0.1) is 0 Å². The number of benzene rings is 2. The zero-order chi connectivity index (χ0) is 29.0. The Morgan fingerprint density at radius 3 is 2.35 bits per heavy atom. The summed E-state index contributed by atoms with van der Waals surface area (Å²) in [6.07, 6.45) is -6.47. The van der Waals surface area contributed by atoms with E-state index in [4.69, 9.17) is 11.6 Å². The molecule has 0 spiro atoms. The van der Waals surface area contributed by atoms with Gasteiger partial charge in [0.05, 0.1) is 28.3 Å². The Labute approximate surface area is 229 Å². The molecule has 210 valence electrons. The molecule has 3 heterocycles. The molecule has 0 radical (unpaired) electrons. The maximum atomic E-state index is 14.2. The third-order valence-electron chi connectivity index (χ3n) is 6.67. The molecule has 4 aromatic rings. The average molecular weight is 599 g/mol. The van der Waals surface area contributed by atoms with Gasteiger partial charge < -0.3 is 5.32 Å². The first-order valence-electron chi connectivity index (χ1n) is 11.8. The lowest BCUT2D eigenvalue weighted by atomic mass is 9.99. The standard InChI is InChI=1S/C26H20ClF5N4O3S/c1-25(10-11-40(38,39)13-25)34-24(37)19-20(22(28)29)35-36-21(14-6-8-15(9-7-14)26(30,31)32)17(12-33-23(19)36)16-4-2-3-5-18(16)27/h2-9,12,22H,10-11,13H2,1H3,(H,34,37). The van der Waals surface area contributed by atoms with E-state index in [0.717, 1.165) is 28.8 Å². The van der Waals surface area contributed by atoms with Crippen LogP contribution in [0.5, 0.6) is 0 Å². The predicted molar refractivity (Wildman–Crippen MR) is 138 cm³/mol. The Kier molecular flexibility index (Phi) is 6.86. The van der Waals surface area contributed by atoms with Crippen LogP contribution in [0.1, 0.15) is 41.4 Å². The third-order valence-corrected chi connectivity index (χ3v) is 8.91. The number of rotatable bonds is 5. The van der Waals surface area contributed by atoms with E-state index in [9.17, 15) is 35.2 Å². The number of hydrogen-bond acceptors (Lipinski definition) is 5. The van der Waals surface area contributed by atoms with E-state index in [2.05, 4.69) is 15.4 Å². The second-order valence-corrected chi connectivity index (χ2v) is 12.3. The van der Waals surface area contributed by atoms with E-state index in [1.165, 1.54) is 13.1 Å². The summed E-state index contributed by atoms with van der Waals surface area (Å²) in [5.74, 6) is -1.53. The molecule has 1 fully saturated rings. The first kappa shape index (κ1) is 28.0. The molecule has 1 aliphatic heterocycles. The average Bonchev–Trinajstić information content (AvgIpc) is 3.40. The maximum absolute atomic E-state index is 14.2. The number of sulfone groups is 1. The predicted octanol–water partition coefficient (Wildman–Crippen LogP) is 5.98. The van der Waals surface area contributed by atoms with Gasteiger partial charge in [0, 0.05) is 27.9 Å². The lowest BCUT2D eigenvalue weighted by molar-refractivity contribution is -0.137. The molecule has 1 aliphatic rings. The number of fused-ring (bicyclic) bond motifs is 1. The summed E-state index contributed by atoms with van der Waals surface area (Å²) >= 11 is 6.39. The molecule has 7 nitrogen and oxygen atoms in total. The van der Waals surface area contributed by atoms with Crippen LogP contribution in [0.2, 0.25) is 5.02 Å². The van der Waals surface area contributed by atoms with Gasteiger partial charge in [-0.05, 0) is 31.5 Å². The Morgan fingerprint density at radius 1 is 1.10 bits per heavy atom. The minimum atomic E-state index is -4.61. The van der Waals surface area contributed by atoms with Crippen LogP contribution in [0.25, 0.3) is 28.0 Å². The molecular weight excluding hydrogens is 579 g/mol. The van der Waals surface area contributed by atoms with E-state index in [1.807, 2.05) is 0 Å². The lowest BCUT2D eigenvalue weighted by Crippen LogP contribution is -2.47.